The second-order valence-electron chi connectivity index (χ2n) is 5.44. The maximum absolute atomic E-state index is 11.8. The summed E-state index contributed by atoms with van der Waals surface area (Å²) in [7, 11) is 3.42. The molecule has 0 unspecified atom stereocenters. The number of nitrogens with zero attached hydrogens (tertiary/aromatic N) is 2. The van der Waals surface area contributed by atoms with Crippen LogP contribution in [-0.2, 0) is 9.59 Å². The van der Waals surface area contributed by atoms with Crippen LogP contribution >= 0.6 is 0 Å². The SMILES string of the molecule is CN(C)C(=O)CN1C[C@@H](C(=O)O)[C@H](c2ccccc2)C1. The molecule has 2 atom stereocenters. The Morgan fingerprint density at radius 1 is 1.25 bits per heavy atom. The average molecular weight is 276 g/mol. The van der Waals surface area contributed by atoms with Gasteiger partial charge < -0.3 is 10.0 Å². The third kappa shape index (κ3) is 3.17. The van der Waals surface area contributed by atoms with E-state index in [0.717, 1.165) is 5.56 Å². The minimum Gasteiger partial charge on any atom is -0.481 e. The maximum Gasteiger partial charge on any atom is 0.308 e. The summed E-state index contributed by atoms with van der Waals surface area (Å²) in [5.74, 6) is -1.29. The zero-order chi connectivity index (χ0) is 14.7. The van der Waals surface area contributed by atoms with Crippen molar-refractivity contribution in [2.24, 2.45) is 5.92 Å². The highest BCUT2D eigenvalue weighted by Gasteiger charge is 2.38. The van der Waals surface area contributed by atoms with Crippen LogP contribution in [0.25, 0.3) is 0 Å². The Hall–Kier alpha value is -1.88. The van der Waals surface area contributed by atoms with E-state index in [9.17, 15) is 14.7 Å². The lowest BCUT2D eigenvalue weighted by Gasteiger charge is -2.18. The molecule has 108 valence electrons. The standard InChI is InChI=1S/C15H20N2O3/c1-16(2)14(18)10-17-8-12(13(9-17)15(19)20)11-6-4-3-5-7-11/h3-7,12-13H,8-10H2,1-2H3,(H,19,20)/t12-,13+/m0/s1. The van der Waals surface area contributed by atoms with E-state index in [1.807, 2.05) is 35.2 Å². The minimum absolute atomic E-state index is 0.00264. The number of rotatable bonds is 4. The fourth-order valence-electron chi connectivity index (χ4n) is 2.64. The molecule has 20 heavy (non-hydrogen) atoms. The number of carboxylic acid groups (broad SMARTS) is 1. The second-order valence-corrected chi connectivity index (χ2v) is 5.44. The van der Waals surface area contributed by atoms with Crippen LogP contribution in [0.1, 0.15) is 11.5 Å². The van der Waals surface area contributed by atoms with E-state index >= 15 is 0 Å². The predicted molar refractivity (Wildman–Crippen MR) is 75.4 cm³/mol. The molecule has 0 aromatic heterocycles. The molecule has 1 heterocycles. The maximum atomic E-state index is 11.8. The molecule has 0 radical (unpaired) electrons. The zero-order valence-electron chi connectivity index (χ0n) is 11.8. The lowest BCUT2D eigenvalue weighted by Crippen LogP contribution is -2.35. The Balaban J connectivity index is 2.12. The van der Waals surface area contributed by atoms with Gasteiger partial charge in [-0.1, -0.05) is 30.3 Å². The number of hydrogen-bond acceptors (Lipinski definition) is 3. The van der Waals surface area contributed by atoms with E-state index in [-0.39, 0.29) is 18.4 Å². The smallest absolute Gasteiger partial charge is 0.308 e. The van der Waals surface area contributed by atoms with Crippen LogP contribution in [0.2, 0.25) is 0 Å². The number of benzene rings is 1. The first kappa shape index (κ1) is 14.5. The quantitative estimate of drug-likeness (QED) is 0.886. The van der Waals surface area contributed by atoms with E-state index in [4.69, 9.17) is 0 Å². The molecule has 1 fully saturated rings. The van der Waals surface area contributed by atoms with Crippen LogP contribution in [-0.4, -0.2) is 60.5 Å². The molecule has 2 rings (SSSR count). The molecule has 5 nitrogen and oxygen atoms in total. The Kier molecular flexibility index (Phi) is 4.39. The van der Waals surface area contributed by atoms with Gasteiger partial charge in [-0.05, 0) is 5.56 Å². The highest BCUT2D eigenvalue weighted by molar-refractivity contribution is 5.78. The van der Waals surface area contributed by atoms with Gasteiger partial charge in [-0.15, -0.1) is 0 Å². The molecule has 1 aromatic carbocycles. The van der Waals surface area contributed by atoms with Crippen LogP contribution in [0, 0.1) is 5.92 Å². The number of carbonyl (C=O) groups is 2. The van der Waals surface area contributed by atoms with Crippen molar-refractivity contribution in [1.29, 1.82) is 0 Å². The van der Waals surface area contributed by atoms with Gasteiger partial charge in [0.05, 0.1) is 12.5 Å². The van der Waals surface area contributed by atoms with Crippen LogP contribution in [0.15, 0.2) is 30.3 Å². The van der Waals surface area contributed by atoms with Gasteiger partial charge in [0, 0.05) is 33.1 Å². The van der Waals surface area contributed by atoms with Crippen molar-refractivity contribution in [2.45, 2.75) is 5.92 Å². The van der Waals surface area contributed by atoms with Crippen molar-refractivity contribution in [3.05, 3.63) is 35.9 Å². The number of aliphatic carboxylic acids is 1. The Morgan fingerprint density at radius 2 is 1.90 bits per heavy atom. The highest BCUT2D eigenvalue weighted by atomic mass is 16.4. The molecule has 1 N–H and O–H groups in total. The number of hydrogen-bond donors (Lipinski definition) is 1. The van der Waals surface area contributed by atoms with E-state index < -0.39 is 11.9 Å². The van der Waals surface area contributed by atoms with Crippen molar-refractivity contribution in [3.63, 3.8) is 0 Å². The third-order valence-corrected chi connectivity index (χ3v) is 3.80. The van der Waals surface area contributed by atoms with Gasteiger partial charge in [0.2, 0.25) is 5.91 Å². The molecular formula is C15H20N2O3. The number of carbonyl (C=O) groups excluding carboxylic acids is 1. The van der Waals surface area contributed by atoms with E-state index in [1.54, 1.807) is 14.1 Å². The summed E-state index contributed by atoms with van der Waals surface area (Å²) < 4.78 is 0. The minimum atomic E-state index is -0.793. The van der Waals surface area contributed by atoms with Crippen molar-refractivity contribution < 1.29 is 14.7 Å². The molecule has 1 aromatic rings. The molecule has 1 amide bonds. The fraction of sp³-hybridized carbons (Fsp3) is 0.467. The topological polar surface area (TPSA) is 60.9 Å². The Bertz CT molecular complexity index is 487. The summed E-state index contributed by atoms with van der Waals surface area (Å²) in [5.41, 5.74) is 1.03. The van der Waals surface area contributed by atoms with Crippen molar-refractivity contribution in [2.75, 3.05) is 33.7 Å². The first-order valence-corrected chi connectivity index (χ1v) is 6.69. The first-order chi connectivity index (χ1) is 9.49. The number of likely N-dealkylation sites (N-methyl/N-ethyl adjacent to an activating group) is 1. The Labute approximate surface area is 118 Å². The van der Waals surface area contributed by atoms with Crippen molar-refractivity contribution >= 4 is 11.9 Å². The summed E-state index contributed by atoms with van der Waals surface area (Å²) in [4.78, 5) is 26.6. The van der Waals surface area contributed by atoms with Crippen LogP contribution in [0.5, 0.6) is 0 Å². The molecule has 1 saturated heterocycles. The molecular weight excluding hydrogens is 256 g/mol. The number of likely N-dealkylation sites (tertiary alicyclic amines) is 1. The van der Waals surface area contributed by atoms with Crippen molar-refractivity contribution in [3.8, 4) is 0 Å². The monoisotopic (exact) mass is 276 g/mol. The number of amides is 1. The third-order valence-electron chi connectivity index (χ3n) is 3.80. The van der Waals surface area contributed by atoms with Gasteiger partial charge >= 0.3 is 5.97 Å². The molecule has 5 heteroatoms. The van der Waals surface area contributed by atoms with Gasteiger partial charge in [-0.25, -0.2) is 0 Å². The molecule has 0 saturated carbocycles. The number of carboxylic acids is 1. The van der Waals surface area contributed by atoms with E-state index in [2.05, 4.69) is 0 Å². The predicted octanol–water partition coefficient (Wildman–Crippen LogP) is 0.875. The first-order valence-electron chi connectivity index (χ1n) is 6.69. The molecule has 0 aliphatic carbocycles. The summed E-state index contributed by atoms with van der Waals surface area (Å²) in [6.07, 6.45) is 0. The fourth-order valence-corrected chi connectivity index (χ4v) is 2.64. The summed E-state index contributed by atoms with van der Waals surface area (Å²) in [6.45, 7) is 1.31. The summed E-state index contributed by atoms with van der Waals surface area (Å²) >= 11 is 0. The summed E-state index contributed by atoms with van der Waals surface area (Å²) in [6, 6.07) is 9.67. The summed E-state index contributed by atoms with van der Waals surface area (Å²) in [5, 5.41) is 9.38. The lowest BCUT2D eigenvalue weighted by atomic mass is 9.89. The lowest BCUT2D eigenvalue weighted by molar-refractivity contribution is -0.142. The second kappa shape index (κ2) is 6.05. The van der Waals surface area contributed by atoms with Crippen LogP contribution < -0.4 is 0 Å². The molecule has 0 bridgehead atoms. The van der Waals surface area contributed by atoms with E-state index in [1.165, 1.54) is 4.90 Å². The Morgan fingerprint density at radius 3 is 2.45 bits per heavy atom. The van der Waals surface area contributed by atoms with Gasteiger partial charge in [0.1, 0.15) is 0 Å². The largest absolute Gasteiger partial charge is 0.481 e. The van der Waals surface area contributed by atoms with Gasteiger partial charge in [0.25, 0.3) is 0 Å². The molecule has 1 aliphatic rings. The molecule has 0 spiro atoms. The average Bonchev–Trinajstić information content (AvgIpc) is 2.83. The van der Waals surface area contributed by atoms with Crippen LogP contribution in [0.3, 0.4) is 0 Å². The van der Waals surface area contributed by atoms with E-state index in [0.29, 0.717) is 13.1 Å². The highest BCUT2D eigenvalue weighted by Crippen LogP contribution is 2.32. The van der Waals surface area contributed by atoms with Crippen molar-refractivity contribution in [1.82, 2.24) is 9.80 Å². The van der Waals surface area contributed by atoms with Gasteiger partial charge in [-0.2, -0.15) is 0 Å². The zero-order valence-corrected chi connectivity index (χ0v) is 11.8. The van der Waals surface area contributed by atoms with Crippen LogP contribution in [0.4, 0.5) is 0 Å². The van der Waals surface area contributed by atoms with Gasteiger partial charge in [0.15, 0.2) is 0 Å². The normalized spacial score (nSPS) is 22.7. The van der Waals surface area contributed by atoms with Gasteiger partial charge in [-0.3, -0.25) is 14.5 Å². The molecule has 1 aliphatic heterocycles.